The lowest BCUT2D eigenvalue weighted by Gasteiger charge is -2.26. The van der Waals surface area contributed by atoms with Crippen LogP contribution in [0.3, 0.4) is 0 Å². The molecule has 2 aliphatic rings. The number of aliphatic carboxylic acids is 1. The molecule has 140 valence electrons. The zero-order valence-electron chi connectivity index (χ0n) is 14.4. The molecule has 0 saturated heterocycles. The van der Waals surface area contributed by atoms with Crippen molar-refractivity contribution in [3.63, 3.8) is 0 Å². The van der Waals surface area contributed by atoms with Crippen LogP contribution in [0.1, 0.15) is 32.3 Å². The minimum absolute atomic E-state index is 0.0236. The van der Waals surface area contributed by atoms with Gasteiger partial charge in [0.2, 0.25) is 5.91 Å². The molecule has 3 rings (SSSR count). The van der Waals surface area contributed by atoms with E-state index in [1.165, 1.54) is 12.1 Å². The van der Waals surface area contributed by atoms with Crippen LogP contribution in [-0.4, -0.2) is 17.0 Å². The minimum atomic E-state index is -4.51. The number of fused-ring (bicyclic) bond motifs is 2. The largest absolute Gasteiger partial charge is 0.481 e. The normalized spacial score (nSPS) is 27.5. The molecule has 0 radical (unpaired) electrons. The summed E-state index contributed by atoms with van der Waals surface area (Å²) in [4.78, 5) is 24.5. The Bertz CT molecular complexity index is 780. The highest BCUT2D eigenvalue weighted by Gasteiger charge is 2.57. The number of carbonyl (C=O) groups excluding carboxylic acids is 1. The topological polar surface area (TPSA) is 66.4 Å². The maximum Gasteiger partial charge on any atom is 0.416 e. The number of carboxylic acids is 1. The third kappa shape index (κ3) is 3.10. The molecule has 1 amide bonds. The van der Waals surface area contributed by atoms with E-state index < -0.39 is 35.5 Å². The molecule has 0 spiro atoms. The van der Waals surface area contributed by atoms with E-state index in [2.05, 4.69) is 5.32 Å². The lowest BCUT2D eigenvalue weighted by atomic mass is 9.78. The van der Waals surface area contributed by atoms with E-state index in [0.29, 0.717) is 0 Å². The summed E-state index contributed by atoms with van der Waals surface area (Å²) in [5.41, 5.74) is 1.22. The number of rotatable bonds is 3. The fourth-order valence-corrected chi connectivity index (χ4v) is 4.60. The van der Waals surface area contributed by atoms with Crippen molar-refractivity contribution in [1.82, 2.24) is 0 Å². The first-order valence-electron chi connectivity index (χ1n) is 8.49. The number of anilines is 1. The van der Waals surface area contributed by atoms with Crippen LogP contribution in [0, 0.1) is 23.7 Å². The number of carboxylic acid groups (broad SMARTS) is 1. The standard InChI is InChI=1S/C19H20F3NO3/c1-9(2)14-12-6-7-13(14)16(18(25)26)15(12)17(24)23-11-5-3-4-10(8-11)19(20,21)22/h3-5,8,12-13,15-16H,6-7H2,1-2H3,(H,23,24)(H,25,26). The molecule has 4 nitrogen and oxygen atoms in total. The summed E-state index contributed by atoms with van der Waals surface area (Å²) in [5.74, 6) is -3.46. The first-order chi connectivity index (χ1) is 12.1. The number of amides is 1. The predicted molar refractivity (Wildman–Crippen MR) is 89.3 cm³/mol. The molecule has 4 atom stereocenters. The number of alkyl halides is 3. The van der Waals surface area contributed by atoms with E-state index in [1.807, 2.05) is 13.8 Å². The van der Waals surface area contributed by atoms with Gasteiger partial charge in [-0.2, -0.15) is 13.2 Å². The number of halogens is 3. The molecule has 2 bridgehead atoms. The van der Waals surface area contributed by atoms with Crippen molar-refractivity contribution >= 4 is 17.6 Å². The number of allylic oxidation sites excluding steroid dienone is 2. The van der Waals surface area contributed by atoms with Gasteiger partial charge in [-0.3, -0.25) is 9.59 Å². The molecule has 2 aliphatic carbocycles. The van der Waals surface area contributed by atoms with E-state index in [0.717, 1.165) is 36.1 Å². The number of hydrogen-bond acceptors (Lipinski definition) is 2. The quantitative estimate of drug-likeness (QED) is 0.781. The SMILES string of the molecule is CC(C)=C1C2CCC1C(C(=O)Nc1cccc(C(F)(F)F)c1)C2C(=O)O. The average molecular weight is 367 g/mol. The second-order valence-electron chi connectivity index (χ2n) is 7.20. The summed E-state index contributed by atoms with van der Waals surface area (Å²) in [6.45, 7) is 3.82. The van der Waals surface area contributed by atoms with Crippen LogP contribution in [-0.2, 0) is 15.8 Å². The van der Waals surface area contributed by atoms with Crippen LogP contribution >= 0.6 is 0 Å². The summed E-state index contributed by atoms with van der Waals surface area (Å²) in [6, 6.07) is 4.38. The monoisotopic (exact) mass is 367 g/mol. The smallest absolute Gasteiger partial charge is 0.416 e. The second kappa shape index (κ2) is 6.45. The predicted octanol–water partition coefficient (Wildman–Crippen LogP) is 4.34. The van der Waals surface area contributed by atoms with Gasteiger partial charge in [-0.25, -0.2) is 0 Å². The van der Waals surface area contributed by atoms with Crippen LogP contribution in [0.2, 0.25) is 0 Å². The van der Waals surface area contributed by atoms with Crippen LogP contribution < -0.4 is 5.32 Å². The van der Waals surface area contributed by atoms with Crippen molar-refractivity contribution < 1.29 is 27.9 Å². The van der Waals surface area contributed by atoms with E-state index in [9.17, 15) is 27.9 Å². The molecule has 2 saturated carbocycles. The van der Waals surface area contributed by atoms with Crippen molar-refractivity contribution in [3.8, 4) is 0 Å². The van der Waals surface area contributed by atoms with Crippen LogP contribution in [0.25, 0.3) is 0 Å². The van der Waals surface area contributed by atoms with E-state index >= 15 is 0 Å². The van der Waals surface area contributed by atoms with Crippen molar-refractivity contribution in [3.05, 3.63) is 41.0 Å². The highest BCUT2D eigenvalue weighted by atomic mass is 19.4. The van der Waals surface area contributed by atoms with Gasteiger partial charge in [0.05, 0.1) is 17.4 Å². The molecular formula is C19H20F3NO3. The van der Waals surface area contributed by atoms with Gasteiger partial charge in [-0.05, 0) is 56.7 Å². The van der Waals surface area contributed by atoms with Crippen molar-refractivity contribution in [2.45, 2.75) is 32.9 Å². The molecule has 0 aliphatic heterocycles. The van der Waals surface area contributed by atoms with E-state index in [4.69, 9.17) is 0 Å². The Morgan fingerprint density at radius 2 is 1.73 bits per heavy atom. The van der Waals surface area contributed by atoms with Gasteiger partial charge in [-0.15, -0.1) is 0 Å². The van der Waals surface area contributed by atoms with Crippen molar-refractivity contribution in [2.24, 2.45) is 23.7 Å². The van der Waals surface area contributed by atoms with Gasteiger partial charge in [0.15, 0.2) is 0 Å². The molecule has 0 aromatic heterocycles. The van der Waals surface area contributed by atoms with Crippen LogP contribution in [0.15, 0.2) is 35.4 Å². The maximum atomic E-state index is 12.8. The molecule has 4 unspecified atom stereocenters. The Hall–Kier alpha value is -2.31. The molecule has 2 N–H and O–H groups in total. The van der Waals surface area contributed by atoms with Gasteiger partial charge in [0, 0.05) is 5.69 Å². The van der Waals surface area contributed by atoms with Gasteiger partial charge < -0.3 is 10.4 Å². The van der Waals surface area contributed by atoms with Crippen molar-refractivity contribution in [2.75, 3.05) is 5.32 Å². The first-order valence-corrected chi connectivity index (χ1v) is 8.49. The number of carbonyl (C=O) groups is 2. The third-order valence-electron chi connectivity index (χ3n) is 5.46. The van der Waals surface area contributed by atoms with Gasteiger partial charge in [-0.1, -0.05) is 17.2 Å². The molecule has 26 heavy (non-hydrogen) atoms. The fourth-order valence-electron chi connectivity index (χ4n) is 4.60. The highest BCUT2D eigenvalue weighted by Crippen LogP contribution is 2.57. The summed E-state index contributed by atoms with van der Waals surface area (Å²) in [6.07, 6.45) is -3.04. The first kappa shape index (κ1) is 18.5. The van der Waals surface area contributed by atoms with E-state index in [-0.39, 0.29) is 17.5 Å². The summed E-state index contributed by atoms with van der Waals surface area (Å²) < 4.78 is 38.5. The number of benzene rings is 1. The maximum absolute atomic E-state index is 12.8. The van der Waals surface area contributed by atoms with Gasteiger partial charge in [0.25, 0.3) is 0 Å². The minimum Gasteiger partial charge on any atom is -0.481 e. The Morgan fingerprint density at radius 1 is 1.12 bits per heavy atom. The average Bonchev–Trinajstić information content (AvgIpc) is 3.10. The zero-order valence-corrected chi connectivity index (χ0v) is 14.4. The molecule has 7 heteroatoms. The molecule has 1 aromatic rings. The van der Waals surface area contributed by atoms with E-state index in [1.54, 1.807) is 0 Å². The molecule has 1 aromatic carbocycles. The molecular weight excluding hydrogens is 347 g/mol. The number of nitrogens with one attached hydrogen (secondary N) is 1. The number of hydrogen-bond donors (Lipinski definition) is 2. The van der Waals surface area contributed by atoms with Crippen LogP contribution in [0.5, 0.6) is 0 Å². The molecule has 0 heterocycles. The lowest BCUT2D eigenvalue weighted by molar-refractivity contribution is -0.148. The van der Waals surface area contributed by atoms with Crippen molar-refractivity contribution in [1.29, 1.82) is 0 Å². The zero-order chi connectivity index (χ0) is 19.2. The Balaban J connectivity index is 1.88. The Morgan fingerprint density at radius 3 is 2.27 bits per heavy atom. The summed E-state index contributed by atoms with van der Waals surface area (Å²) in [5, 5.41) is 12.1. The fraction of sp³-hybridized carbons (Fsp3) is 0.474. The summed E-state index contributed by atoms with van der Waals surface area (Å²) >= 11 is 0. The Labute approximate surface area is 149 Å². The second-order valence-corrected chi connectivity index (χ2v) is 7.20. The van der Waals surface area contributed by atoms with Gasteiger partial charge >= 0.3 is 12.1 Å². The Kier molecular flexibility index (Phi) is 4.58. The lowest BCUT2D eigenvalue weighted by Crippen LogP contribution is -2.37. The van der Waals surface area contributed by atoms with Gasteiger partial charge in [0.1, 0.15) is 0 Å². The molecule has 2 fully saturated rings. The third-order valence-corrected chi connectivity index (χ3v) is 5.46. The highest BCUT2D eigenvalue weighted by molar-refractivity contribution is 5.96. The summed E-state index contributed by atoms with van der Waals surface area (Å²) in [7, 11) is 0. The van der Waals surface area contributed by atoms with Crippen LogP contribution in [0.4, 0.5) is 18.9 Å².